The van der Waals surface area contributed by atoms with E-state index in [2.05, 4.69) is 10.3 Å². The Kier molecular flexibility index (Phi) is 6.00. The Morgan fingerprint density at radius 1 is 1.31 bits per heavy atom. The van der Waals surface area contributed by atoms with Crippen molar-refractivity contribution in [2.24, 2.45) is 0 Å². The Morgan fingerprint density at radius 3 is 2.69 bits per heavy atom. The van der Waals surface area contributed by atoms with Crippen molar-refractivity contribution in [1.82, 2.24) is 10.3 Å². The first kappa shape index (κ1) is 20.6. The van der Waals surface area contributed by atoms with Crippen LogP contribution in [0.1, 0.15) is 31.2 Å². The number of hydrogen-bond acceptors (Lipinski definition) is 5. The monoisotopic (exact) mass is 401 g/mol. The summed E-state index contributed by atoms with van der Waals surface area (Å²) in [5.41, 5.74) is -0.0627. The lowest BCUT2D eigenvalue weighted by Gasteiger charge is -2.32. The molecule has 2 aromatic rings. The molecule has 2 amide bonds. The first-order valence-electron chi connectivity index (χ1n) is 9.38. The zero-order valence-corrected chi connectivity index (χ0v) is 16.7. The third-order valence-corrected chi connectivity index (χ3v) is 5.30. The number of methoxy groups -OCH3 is 1. The van der Waals surface area contributed by atoms with Gasteiger partial charge < -0.3 is 19.7 Å². The van der Waals surface area contributed by atoms with Gasteiger partial charge in [0, 0.05) is 19.3 Å². The lowest BCUT2D eigenvalue weighted by molar-refractivity contribution is -0.127. The summed E-state index contributed by atoms with van der Waals surface area (Å²) in [6.45, 7) is 1.88. The minimum absolute atomic E-state index is 0.0260. The Bertz CT molecular complexity index is 913. The number of carbonyl (C=O) groups excluding carboxylic acids is 2. The molecular weight excluding hydrogens is 377 g/mol. The molecule has 1 fully saturated rings. The Hall–Kier alpha value is -3.16. The SMILES string of the molecule is COc1cc(Oc2nccc(N(C)C(=O)C3(NC=O)CCCC3)c2F)ccc1C. The van der Waals surface area contributed by atoms with E-state index in [4.69, 9.17) is 9.47 Å². The van der Waals surface area contributed by atoms with Gasteiger partial charge in [-0.25, -0.2) is 4.98 Å². The van der Waals surface area contributed by atoms with Crippen molar-refractivity contribution < 1.29 is 23.5 Å². The van der Waals surface area contributed by atoms with Crippen LogP contribution in [0.4, 0.5) is 10.1 Å². The van der Waals surface area contributed by atoms with E-state index in [0.717, 1.165) is 18.4 Å². The highest BCUT2D eigenvalue weighted by Gasteiger charge is 2.43. The molecule has 154 valence electrons. The number of halogens is 1. The van der Waals surface area contributed by atoms with Gasteiger partial charge in [0.1, 0.15) is 17.0 Å². The zero-order chi connectivity index (χ0) is 21.0. The van der Waals surface area contributed by atoms with Crippen molar-refractivity contribution in [3.8, 4) is 17.4 Å². The number of rotatable bonds is 7. The van der Waals surface area contributed by atoms with Gasteiger partial charge in [-0.05, 0) is 37.5 Å². The number of likely N-dealkylation sites (N-methyl/N-ethyl adjacent to an activating group) is 1. The summed E-state index contributed by atoms with van der Waals surface area (Å²) in [4.78, 5) is 29.3. The van der Waals surface area contributed by atoms with E-state index in [-0.39, 0.29) is 17.5 Å². The molecule has 1 aliphatic rings. The second-order valence-corrected chi connectivity index (χ2v) is 7.10. The normalized spacial score (nSPS) is 14.9. The predicted octanol–water partition coefficient (Wildman–Crippen LogP) is 3.35. The second-order valence-electron chi connectivity index (χ2n) is 7.10. The van der Waals surface area contributed by atoms with Crippen molar-refractivity contribution in [2.45, 2.75) is 38.1 Å². The number of ether oxygens (including phenoxy) is 2. The maximum absolute atomic E-state index is 15.1. The highest BCUT2D eigenvalue weighted by molar-refractivity contribution is 6.01. The van der Waals surface area contributed by atoms with E-state index in [9.17, 15) is 9.59 Å². The molecule has 1 aromatic carbocycles. The van der Waals surface area contributed by atoms with Crippen LogP contribution in [0, 0.1) is 12.7 Å². The standard InChI is InChI=1S/C21H24FN3O4/c1-14-6-7-15(12-17(14)28-3)29-19-18(22)16(8-11-23-19)25(2)20(27)21(24-13-26)9-4-5-10-21/h6-8,11-13H,4-5,9-10H2,1-3H3,(H,24,26). The molecule has 0 bridgehead atoms. The summed E-state index contributed by atoms with van der Waals surface area (Å²) in [5, 5.41) is 2.65. The number of anilines is 1. The molecule has 0 spiro atoms. The highest BCUT2D eigenvalue weighted by atomic mass is 19.1. The Labute approximate surface area is 168 Å². The van der Waals surface area contributed by atoms with Gasteiger partial charge in [-0.15, -0.1) is 0 Å². The summed E-state index contributed by atoms with van der Waals surface area (Å²) in [6.07, 6.45) is 4.59. The number of aromatic nitrogens is 1. The quantitative estimate of drug-likeness (QED) is 0.720. The summed E-state index contributed by atoms with van der Waals surface area (Å²) >= 11 is 0. The number of benzene rings is 1. The Morgan fingerprint density at radius 2 is 2.03 bits per heavy atom. The van der Waals surface area contributed by atoms with Crippen LogP contribution >= 0.6 is 0 Å². The van der Waals surface area contributed by atoms with Crippen LogP contribution < -0.4 is 19.7 Å². The van der Waals surface area contributed by atoms with Gasteiger partial charge >= 0.3 is 0 Å². The van der Waals surface area contributed by atoms with Gasteiger partial charge in [0.2, 0.25) is 12.2 Å². The lowest BCUT2D eigenvalue weighted by atomic mass is 9.95. The zero-order valence-electron chi connectivity index (χ0n) is 16.7. The fraction of sp³-hybridized carbons (Fsp3) is 0.381. The van der Waals surface area contributed by atoms with E-state index < -0.39 is 11.4 Å². The summed E-state index contributed by atoms with van der Waals surface area (Å²) in [6, 6.07) is 6.52. The van der Waals surface area contributed by atoms with Gasteiger partial charge in [0.25, 0.3) is 11.8 Å². The van der Waals surface area contributed by atoms with Gasteiger partial charge in [-0.1, -0.05) is 18.9 Å². The van der Waals surface area contributed by atoms with E-state index in [0.29, 0.717) is 30.8 Å². The fourth-order valence-electron chi connectivity index (χ4n) is 3.66. The van der Waals surface area contributed by atoms with Crippen LogP contribution in [0.5, 0.6) is 17.4 Å². The second kappa shape index (κ2) is 8.46. The molecule has 1 N–H and O–H groups in total. The number of nitrogens with one attached hydrogen (secondary N) is 1. The lowest BCUT2D eigenvalue weighted by Crippen LogP contribution is -2.55. The molecule has 0 radical (unpaired) electrons. The molecule has 1 heterocycles. The van der Waals surface area contributed by atoms with Gasteiger partial charge in [0.05, 0.1) is 12.8 Å². The third-order valence-electron chi connectivity index (χ3n) is 5.30. The molecular formula is C21H24FN3O4. The summed E-state index contributed by atoms with van der Waals surface area (Å²) < 4.78 is 26.0. The Balaban J connectivity index is 1.88. The fourth-order valence-corrected chi connectivity index (χ4v) is 3.66. The number of amides is 2. The maximum Gasteiger partial charge on any atom is 0.258 e. The van der Waals surface area contributed by atoms with Crippen LogP contribution in [0.3, 0.4) is 0 Å². The largest absolute Gasteiger partial charge is 0.496 e. The van der Waals surface area contributed by atoms with Crippen LogP contribution in [0.2, 0.25) is 0 Å². The van der Waals surface area contributed by atoms with Crippen molar-refractivity contribution >= 4 is 18.0 Å². The number of hydrogen-bond donors (Lipinski definition) is 1. The number of pyridine rings is 1. The topological polar surface area (TPSA) is 80.8 Å². The van der Waals surface area contributed by atoms with Crippen LogP contribution in [0.15, 0.2) is 30.5 Å². The van der Waals surface area contributed by atoms with Crippen LogP contribution in [-0.2, 0) is 9.59 Å². The molecule has 0 saturated heterocycles. The van der Waals surface area contributed by atoms with E-state index in [1.54, 1.807) is 25.3 Å². The van der Waals surface area contributed by atoms with E-state index in [1.165, 1.54) is 24.2 Å². The molecule has 29 heavy (non-hydrogen) atoms. The minimum Gasteiger partial charge on any atom is -0.496 e. The molecule has 1 saturated carbocycles. The average Bonchev–Trinajstić information content (AvgIpc) is 3.20. The molecule has 0 unspecified atom stereocenters. The molecule has 7 nitrogen and oxygen atoms in total. The van der Waals surface area contributed by atoms with Crippen molar-refractivity contribution in [1.29, 1.82) is 0 Å². The molecule has 0 aliphatic heterocycles. The van der Waals surface area contributed by atoms with Gasteiger partial charge in [-0.2, -0.15) is 4.39 Å². The van der Waals surface area contributed by atoms with E-state index in [1.807, 2.05) is 6.92 Å². The van der Waals surface area contributed by atoms with Crippen molar-refractivity contribution in [3.63, 3.8) is 0 Å². The van der Waals surface area contributed by atoms with Crippen LogP contribution in [-0.4, -0.2) is 37.0 Å². The number of aryl methyl sites for hydroxylation is 1. The molecule has 0 atom stereocenters. The van der Waals surface area contributed by atoms with Crippen molar-refractivity contribution in [3.05, 3.63) is 41.8 Å². The molecule has 1 aromatic heterocycles. The average molecular weight is 401 g/mol. The van der Waals surface area contributed by atoms with Crippen molar-refractivity contribution in [2.75, 3.05) is 19.1 Å². The van der Waals surface area contributed by atoms with Gasteiger partial charge in [-0.3, -0.25) is 9.59 Å². The molecule has 3 rings (SSSR count). The number of nitrogens with zero attached hydrogens (tertiary/aromatic N) is 2. The summed E-state index contributed by atoms with van der Waals surface area (Å²) in [5.74, 6) is -0.413. The summed E-state index contributed by atoms with van der Waals surface area (Å²) in [7, 11) is 3.02. The minimum atomic E-state index is -1.00. The van der Waals surface area contributed by atoms with Crippen LogP contribution in [0.25, 0.3) is 0 Å². The molecule has 1 aliphatic carbocycles. The first-order valence-corrected chi connectivity index (χ1v) is 9.38. The maximum atomic E-state index is 15.1. The predicted molar refractivity (Wildman–Crippen MR) is 106 cm³/mol. The molecule has 8 heteroatoms. The first-order chi connectivity index (χ1) is 13.9. The smallest absolute Gasteiger partial charge is 0.258 e. The van der Waals surface area contributed by atoms with Gasteiger partial charge in [0.15, 0.2) is 0 Å². The van der Waals surface area contributed by atoms with E-state index >= 15 is 4.39 Å². The number of carbonyl (C=O) groups is 2. The highest BCUT2D eigenvalue weighted by Crippen LogP contribution is 2.35. The third kappa shape index (κ3) is 4.01.